The van der Waals surface area contributed by atoms with Crippen LogP contribution in [0.4, 0.5) is 0 Å². The van der Waals surface area contributed by atoms with E-state index < -0.39 is 8.25 Å². The average molecular weight is 212 g/mol. The monoisotopic (exact) mass is 212 g/mol. The Bertz CT molecular complexity index is 468. The van der Waals surface area contributed by atoms with Gasteiger partial charge < -0.3 is 9.51 Å². The van der Waals surface area contributed by atoms with Crippen molar-refractivity contribution >= 4 is 19.2 Å². The molecule has 3 N–H and O–H groups in total. The molecule has 0 aliphatic rings. The van der Waals surface area contributed by atoms with Gasteiger partial charge in [0.1, 0.15) is 0 Å². The number of H-pyrrole nitrogens is 1. The molecule has 0 saturated heterocycles. The Kier molecular flexibility index (Phi) is 2.54. The predicted octanol–water partition coefficient (Wildman–Crippen LogP) is 1.83. The number of benzene rings is 1. The summed E-state index contributed by atoms with van der Waals surface area (Å²) in [6.07, 6.45) is 1.62. The van der Waals surface area contributed by atoms with Crippen molar-refractivity contribution in [3.05, 3.63) is 30.5 Å². The van der Waals surface area contributed by atoms with E-state index in [9.17, 15) is 4.57 Å². The van der Waals surface area contributed by atoms with Crippen LogP contribution in [0.5, 0.6) is 5.75 Å². The van der Waals surface area contributed by atoms with Gasteiger partial charge in [-0.15, -0.1) is 0 Å². The molecule has 74 valence electrons. The van der Waals surface area contributed by atoms with Gasteiger partial charge in [-0.25, -0.2) is 15.1 Å². The predicted molar refractivity (Wildman–Crippen MR) is 53.2 cm³/mol. The standard InChI is InChI=1S/C8H9N2O3P/c9-13-14(11)12-8-5-10-7-4-2-1-3-6(7)8/h1-5,10,14H,9H2. The zero-order valence-electron chi connectivity index (χ0n) is 7.19. The topological polar surface area (TPSA) is 77.3 Å². The molecule has 0 amide bonds. The molecule has 0 fully saturated rings. The van der Waals surface area contributed by atoms with Crippen LogP contribution in [-0.4, -0.2) is 4.98 Å². The van der Waals surface area contributed by atoms with Crippen molar-refractivity contribution in [3.63, 3.8) is 0 Å². The van der Waals surface area contributed by atoms with E-state index in [0.717, 1.165) is 10.9 Å². The van der Waals surface area contributed by atoms with Crippen molar-refractivity contribution in [2.45, 2.75) is 0 Å². The van der Waals surface area contributed by atoms with E-state index in [4.69, 9.17) is 10.4 Å². The van der Waals surface area contributed by atoms with E-state index in [2.05, 4.69) is 9.61 Å². The molecule has 0 saturated carbocycles. The molecule has 1 aromatic carbocycles. The Hall–Kier alpha value is -1.29. The van der Waals surface area contributed by atoms with Crippen LogP contribution in [-0.2, 0) is 9.19 Å². The van der Waals surface area contributed by atoms with Crippen LogP contribution < -0.4 is 10.4 Å². The van der Waals surface area contributed by atoms with Gasteiger partial charge >= 0.3 is 8.25 Å². The van der Waals surface area contributed by atoms with E-state index in [-0.39, 0.29) is 0 Å². The van der Waals surface area contributed by atoms with Gasteiger partial charge in [-0.05, 0) is 12.1 Å². The summed E-state index contributed by atoms with van der Waals surface area (Å²) >= 11 is 0. The average Bonchev–Trinajstić information content (AvgIpc) is 2.62. The van der Waals surface area contributed by atoms with Gasteiger partial charge in [0.15, 0.2) is 5.75 Å². The lowest BCUT2D eigenvalue weighted by Crippen LogP contribution is -1.91. The maximum atomic E-state index is 10.9. The third kappa shape index (κ3) is 1.65. The molecule has 1 unspecified atom stereocenters. The molecular weight excluding hydrogens is 203 g/mol. The Morgan fingerprint density at radius 2 is 2.14 bits per heavy atom. The third-order valence-electron chi connectivity index (χ3n) is 1.84. The largest absolute Gasteiger partial charge is 0.423 e. The summed E-state index contributed by atoms with van der Waals surface area (Å²) in [5.74, 6) is 5.21. The number of rotatable bonds is 3. The fourth-order valence-electron chi connectivity index (χ4n) is 1.24. The fourth-order valence-corrected chi connectivity index (χ4v) is 1.64. The Balaban J connectivity index is 2.38. The second kappa shape index (κ2) is 3.84. The summed E-state index contributed by atoms with van der Waals surface area (Å²) in [5.41, 5.74) is 0.911. The van der Waals surface area contributed by atoms with Crippen molar-refractivity contribution in [2.24, 2.45) is 5.90 Å². The number of aromatic amines is 1. The number of nitrogens with two attached hydrogens (primary N) is 1. The number of para-hydroxylation sites is 1. The molecule has 1 atom stereocenters. The highest BCUT2D eigenvalue weighted by atomic mass is 31.1. The maximum absolute atomic E-state index is 10.9. The van der Waals surface area contributed by atoms with E-state index in [1.54, 1.807) is 6.20 Å². The van der Waals surface area contributed by atoms with E-state index in [1.807, 2.05) is 24.3 Å². The van der Waals surface area contributed by atoms with Gasteiger partial charge in [-0.3, -0.25) is 0 Å². The summed E-state index contributed by atoms with van der Waals surface area (Å²) < 4.78 is 20.0. The van der Waals surface area contributed by atoms with Gasteiger partial charge in [-0.2, -0.15) is 0 Å². The minimum Gasteiger partial charge on any atom is -0.423 e. The van der Waals surface area contributed by atoms with Gasteiger partial charge in [0.2, 0.25) is 0 Å². The summed E-state index contributed by atoms with van der Waals surface area (Å²) in [5, 5.41) is 0.850. The smallest absolute Gasteiger partial charge is 0.384 e. The molecule has 2 rings (SSSR count). The Morgan fingerprint density at radius 3 is 2.93 bits per heavy atom. The van der Waals surface area contributed by atoms with Crippen molar-refractivity contribution in [3.8, 4) is 5.75 Å². The molecule has 0 radical (unpaired) electrons. The van der Waals surface area contributed by atoms with E-state index in [1.165, 1.54) is 0 Å². The van der Waals surface area contributed by atoms with E-state index >= 15 is 0 Å². The number of aromatic nitrogens is 1. The fraction of sp³-hybridized carbons (Fsp3) is 0. The minimum absolute atomic E-state index is 0.481. The minimum atomic E-state index is -2.63. The lowest BCUT2D eigenvalue weighted by Gasteiger charge is -2.00. The molecular formula is C8H9N2O3P. The van der Waals surface area contributed by atoms with E-state index in [0.29, 0.717) is 5.75 Å². The lowest BCUT2D eigenvalue weighted by molar-refractivity contribution is 0.297. The van der Waals surface area contributed by atoms with Crippen LogP contribution in [0.2, 0.25) is 0 Å². The molecule has 1 heterocycles. The molecule has 0 bridgehead atoms. The molecule has 1 aromatic heterocycles. The SMILES string of the molecule is NO[PH](=O)Oc1c[nH]c2ccccc12. The zero-order chi connectivity index (χ0) is 9.97. The zero-order valence-corrected chi connectivity index (χ0v) is 8.19. The molecule has 2 aromatic rings. The van der Waals surface area contributed by atoms with Crippen LogP contribution in [0, 0.1) is 0 Å². The maximum Gasteiger partial charge on any atom is 0.384 e. The Labute approximate surface area is 80.7 Å². The molecule has 0 aliphatic heterocycles. The number of nitrogens with one attached hydrogen (secondary N) is 1. The van der Waals surface area contributed by atoms with Gasteiger partial charge in [0.25, 0.3) is 0 Å². The second-order valence-electron chi connectivity index (χ2n) is 2.67. The first-order valence-corrected chi connectivity index (χ1v) is 5.18. The third-order valence-corrected chi connectivity index (χ3v) is 2.42. The first-order chi connectivity index (χ1) is 6.81. The van der Waals surface area contributed by atoms with Crippen molar-refractivity contribution in [2.75, 3.05) is 0 Å². The van der Waals surface area contributed by atoms with Gasteiger partial charge in [-0.1, -0.05) is 12.1 Å². The summed E-state index contributed by atoms with van der Waals surface area (Å²) in [4.78, 5) is 2.97. The number of fused-ring (bicyclic) bond motifs is 1. The van der Waals surface area contributed by atoms with Gasteiger partial charge in [0, 0.05) is 17.1 Å². The molecule has 0 aliphatic carbocycles. The highest BCUT2D eigenvalue weighted by Gasteiger charge is 2.06. The second-order valence-corrected chi connectivity index (χ2v) is 3.61. The Morgan fingerprint density at radius 1 is 1.36 bits per heavy atom. The van der Waals surface area contributed by atoms with Crippen LogP contribution in [0.15, 0.2) is 30.5 Å². The summed E-state index contributed by atoms with van der Waals surface area (Å²) in [7, 11) is -2.63. The van der Waals surface area contributed by atoms with Crippen LogP contribution in [0.25, 0.3) is 10.9 Å². The quantitative estimate of drug-likeness (QED) is 0.601. The molecule has 0 spiro atoms. The first kappa shape index (κ1) is 9.27. The number of hydrogen-bond acceptors (Lipinski definition) is 4. The summed E-state index contributed by atoms with van der Waals surface area (Å²) in [6, 6.07) is 7.50. The normalized spacial score (nSPS) is 12.9. The van der Waals surface area contributed by atoms with Crippen molar-refractivity contribution in [1.29, 1.82) is 0 Å². The van der Waals surface area contributed by atoms with Gasteiger partial charge in [0.05, 0.1) is 0 Å². The molecule has 14 heavy (non-hydrogen) atoms. The summed E-state index contributed by atoms with van der Waals surface area (Å²) in [6.45, 7) is 0. The molecule has 5 nitrogen and oxygen atoms in total. The number of hydrogen-bond donors (Lipinski definition) is 2. The van der Waals surface area contributed by atoms with Crippen LogP contribution in [0.3, 0.4) is 0 Å². The molecule has 6 heteroatoms. The highest BCUT2D eigenvalue weighted by Crippen LogP contribution is 2.32. The van der Waals surface area contributed by atoms with Crippen molar-refractivity contribution < 1.29 is 13.7 Å². The van der Waals surface area contributed by atoms with Crippen molar-refractivity contribution in [1.82, 2.24) is 4.98 Å². The van der Waals surface area contributed by atoms with Crippen LogP contribution >= 0.6 is 8.25 Å². The highest BCUT2D eigenvalue weighted by molar-refractivity contribution is 7.33. The first-order valence-electron chi connectivity index (χ1n) is 3.96. The van der Waals surface area contributed by atoms with Crippen LogP contribution in [0.1, 0.15) is 0 Å². The lowest BCUT2D eigenvalue weighted by atomic mass is 10.2.